The molecule has 0 amide bonds. The lowest BCUT2D eigenvalue weighted by atomic mass is 10.3. The predicted molar refractivity (Wildman–Crippen MR) is 86.5 cm³/mol. The second-order valence-corrected chi connectivity index (χ2v) is 7.14. The molecule has 2 aromatic rings. The third-order valence-electron chi connectivity index (χ3n) is 3.22. The summed E-state index contributed by atoms with van der Waals surface area (Å²) in [6.45, 7) is -0.709. The van der Waals surface area contributed by atoms with Crippen molar-refractivity contribution in [1.82, 2.24) is 4.98 Å². The van der Waals surface area contributed by atoms with E-state index < -0.39 is 37.7 Å². The second-order valence-electron chi connectivity index (χ2n) is 4.87. The minimum absolute atomic E-state index is 0.140. The highest BCUT2D eigenvalue weighted by atomic mass is 31.2. The van der Waals surface area contributed by atoms with Gasteiger partial charge in [0.15, 0.2) is 18.2 Å². The Balaban J connectivity index is 2.12. The molecule has 0 radical (unpaired) electrons. The molecule has 0 aliphatic heterocycles. The first-order chi connectivity index (χ1) is 12.4. The number of benzene rings is 1. The number of halogens is 2. The fourth-order valence-electron chi connectivity index (χ4n) is 1.96. The molecule has 1 aromatic heterocycles. The third kappa shape index (κ3) is 4.85. The summed E-state index contributed by atoms with van der Waals surface area (Å²) in [5.41, 5.74) is 0.140. The van der Waals surface area contributed by atoms with E-state index >= 15 is 0 Å². The van der Waals surface area contributed by atoms with Crippen LogP contribution in [-0.2, 0) is 23.1 Å². The summed E-state index contributed by atoms with van der Waals surface area (Å²) in [5.74, 6) is -4.50. The first-order valence-electron chi connectivity index (χ1n) is 7.29. The number of ether oxygens (including phenoxy) is 2. The van der Waals surface area contributed by atoms with Crippen LogP contribution in [0.25, 0.3) is 0 Å². The quantitative estimate of drug-likeness (QED) is 0.507. The van der Waals surface area contributed by atoms with Gasteiger partial charge in [-0.2, -0.15) is 0 Å². The van der Waals surface area contributed by atoms with Crippen molar-refractivity contribution in [3.05, 3.63) is 59.9 Å². The van der Waals surface area contributed by atoms with Gasteiger partial charge in [0, 0.05) is 26.5 Å². The molecule has 7 nitrogen and oxygen atoms in total. The minimum Gasteiger partial charge on any atom is -0.479 e. The SMILES string of the molecule is COP(=O)(OC)C(OC(=O)COc1ccc(F)cc1F)c1ccccn1. The summed E-state index contributed by atoms with van der Waals surface area (Å²) >= 11 is 0. The summed E-state index contributed by atoms with van der Waals surface area (Å²) in [4.78, 5) is 16.0. The normalized spacial score (nSPS) is 12.5. The number of esters is 1. The van der Waals surface area contributed by atoms with E-state index in [0.717, 1.165) is 26.4 Å². The van der Waals surface area contributed by atoms with Crippen LogP contribution in [0.5, 0.6) is 5.75 Å². The van der Waals surface area contributed by atoms with Gasteiger partial charge in [0.1, 0.15) is 5.82 Å². The van der Waals surface area contributed by atoms with Crippen molar-refractivity contribution in [2.45, 2.75) is 5.85 Å². The molecule has 0 spiro atoms. The van der Waals surface area contributed by atoms with Gasteiger partial charge in [0.2, 0.25) is 5.85 Å². The Morgan fingerprint density at radius 1 is 1.19 bits per heavy atom. The Bertz CT molecular complexity index is 797. The lowest BCUT2D eigenvalue weighted by Crippen LogP contribution is -2.20. The fourth-order valence-corrected chi connectivity index (χ4v) is 3.22. The van der Waals surface area contributed by atoms with E-state index in [1.54, 1.807) is 12.1 Å². The molecule has 140 valence electrons. The van der Waals surface area contributed by atoms with Crippen LogP contribution in [0.1, 0.15) is 11.5 Å². The second kappa shape index (κ2) is 8.84. The Labute approximate surface area is 148 Å². The van der Waals surface area contributed by atoms with Gasteiger partial charge in [0.25, 0.3) is 0 Å². The van der Waals surface area contributed by atoms with E-state index in [-0.39, 0.29) is 11.4 Å². The van der Waals surface area contributed by atoms with Crippen LogP contribution in [-0.4, -0.2) is 31.8 Å². The Morgan fingerprint density at radius 3 is 2.50 bits per heavy atom. The van der Waals surface area contributed by atoms with Gasteiger partial charge in [-0.3, -0.25) is 9.55 Å². The summed E-state index contributed by atoms with van der Waals surface area (Å²) in [7, 11) is -1.59. The van der Waals surface area contributed by atoms with E-state index in [4.69, 9.17) is 18.5 Å². The van der Waals surface area contributed by atoms with E-state index in [9.17, 15) is 18.1 Å². The number of nitrogens with zero attached hydrogens (tertiary/aromatic N) is 1. The molecule has 0 fully saturated rings. The third-order valence-corrected chi connectivity index (χ3v) is 5.18. The van der Waals surface area contributed by atoms with Gasteiger partial charge in [-0.05, 0) is 24.3 Å². The van der Waals surface area contributed by atoms with Crippen LogP contribution >= 0.6 is 7.60 Å². The molecular weight excluding hydrogens is 371 g/mol. The van der Waals surface area contributed by atoms with Gasteiger partial charge >= 0.3 is 13.6 Å². The van der Waals surface area contributed by atoms with Crippen molar-refractivity contribution in [3.8, 4) is 5.75 Å². The van der Waals surface area contributed by atoms with Crippen molar-refractivity contribution < 1.29 is 36.7 Å². The van der Waals surface area contributed by atoms with Crippen LogP contribution in [0.15, 0.2) is 42.6 Å². The molecule has 1 atom stereocenters. The molecule has 1 heterocycles. The average molecular weight is 387 g/mol. The monoisotopic (exact) mass is 387 g/mol. The van der Waals surface area contributed by atoms with E-state index in [0.29, 0.717) is 6.07 Å². The average Bonchev–Trinajstić information content (AvgIpc) is 2.65. The highest BCUT2D eigenvalue weighted by molar-refractivity contribution is 7.54. The smallest absolute Gasteiger partial charge is 0.376 e. The Hall–Kier alpha value is -2.35. The molecule has 1 unspecified atom stereocenters. The van der Waals surface area contributed by atoms with Crippen molar-refractivity contribution in [2.24, 2.45) is 0 Å². The number of pyridine rings is 1. The lowest BCUT2D eigenvalue weighted by molar-refractivity contribution is -0.149. The van der Waals surface area contributed by atoms with Gasteiger partial charge in [0.05, 0.1) is 5.69 Å². The molecule has 2 rings (SSSR count). The zero-order valence-electron chi connectivity index (χ0n) is 13.9. The minimum atomic E-state index is -3.86. The van der Waals surface area contributed by atoms with Crippen molar-refractivity contribution in [2.75, 3.05) is 20.8 Å². The standard InChI is InChI=1S/C16H16F2NO6P/c1-22-26(21,23-2)16(13-5-3-4-8-19-13)25-15(20)10-24-14-7-6-11(17)9-12(14)18/h3-9,16H,10H2,1-2H3. The Morgan fingerprint density at radius 2 is 1.92 bits per heavy atom. The van der Waals surface area contributed by atoms with Crippen molar-refractivity contribution >= 4 is 13.6 Å². The Kier molecular flexibility index (Phi) is 6.79. The van der Waals surface area contributed by atoms with Gasteiger partial charge in [-0.1, -0.05) is 6.07 Å². The number of aromatic nitrogens is 1. The van der Waals surface area contributed by atoms with Crippen molar-refractivity contribution in [1.29, 1.82) is 0 Å². The zero-order valence-corrected chi connectivity index (χ0v) is 14.8. The van der Waals surface area contributed by atoms with E-state index in [1.807, 2.05) is 0 Å². The van der Waals surface area contributed by atoms with E-state index in [1.165, 1.54) is 12.3 Å². The number of carbonyl (C=O) groups excluding carboxylic acids is 1. The summed E-state index contributed by atoms with van der Waals surface area (Å²) in [6.07, 6.45) is 1.41. The maximum atomic E-state index is 13.5. The van der Waals surface area contributed by atoms with Crippen LogP contribution < -0.4 is 4.74 Å². The molecule has 26 heavy (non-hydrogen) atoms. The number of hydrogen-bond acceptors (Lipinski definition) is 7. The maximum Gasteiger partial charge on any atom is 0.376 e. The molecule has 1 aromatic carbocycles. The summed E-state index contributed by atoms with van der Waals surface area (Å²) < 4.78 is 58.9. The maximum absolute atomic E-state index is 13.5. The highest BCUT2D eigenvalue weighted by Gasteiger charge is 2.40. The molecule has 0 aliphatic rings. The predicted octanol–water partition coefficient (Wildman–Crippen LogP) is 3.47. The van der Waals surface area contributed by atoms with Gasteiger partial charge in [-0.25, -0.2) is 13.6 Å². The summed E-state index contributed by atoms with van der Waals surface area (Å²) in [5, 5.41) is 0. The summed E-state index contributed by atoms with van der Waals surface area (Å²) in [6, 6.07) is 7.31. The first kappa shape index (κ1) is 20.0. The molecule has 10 heteroatoms. The molecule has 0 aliphatic carbocycles. The van der Waals surface area contributed by atoms with E-state index in [2.05, 4.69) is 4.98 Å². The van der Waals surface area contributed by atoms with Crippen LogP contribution in [0.4, 0.5) is 8.78 Å². The fraction of sp³-hybridized carbons (Fsp3) is 0.250. The first-order valence-corrected chi connectivity index (χ1v) is 8.90. The van der Waals surface area contributed by atoms with Crippen LogP contribution in [0.3, 0.4) is 0 Å². The van der Waals surface area contributed by atoms with Crippen LogP contribution in [0, 0.1) is 11.6 Å². The van der Waals surface area contributed by atoms with Crippen LogP contribution in [0.2, 0.25) is 0 Å². The van der Waals surface area contributed by atoms with Gasteiger partial charge in [-0.15, -0.1) is 0 Å². The highest BCUT2D eigenvalue weighted by Crippen LogP contribution is 2.60. The van der Waals surface area contributed by atoms with Gasteiger partial charge < -0.3 is 18.5 Å². The lowest BCUT2D eigenvalue weighted by Gasteiger charge is -2.23. The molecule has 0 saturated carbocycles. The number of rotatable bonds is 8. The molecule has 0 bridgehead atoms. The topological polar surface area (TPSA) is 84.0 Å². The number of hydrogen-bond donors (Lipinski definition) is 0. The molecule has 0 saturated heterocycles. The molecular formula is C16H16F2NO6P. The molecule has 0 N–H and O–H groups in total. The zero-order chi connectivity index (χ0) is 19.2. The number of carbonyl (C=O) groups is 1. The van der Waals surface area contributed by atoms with Crippen molar-refractivity contribution in [3.63, 3.8) is 0 Å². The largest absolute Gasteiger partial charge is 0.479 e.